The van der Waals surface area contributed by atoms with Crippen LogP contribution in [0.1, 0.15) is 31.1 Å². The van der Waals surface area contributed by atoms with Gasteiger partial charge in [-0.15, -0.1) is 0 Å². The minimum absolute atomic E-state index is 0.0745. The van der Waals surface area contributed by atoms with Crippen LogP contribution in [0.4, 0.5) is 0 Å². The van der Waals surface area contributed by atoms with E-state index in [1.54, 1.807) is 42.1 Å². The fourth-order valence-corrected chi connectivity index (χ4v) is 6.47. The first kappa shape index (κ1) is 30.5. The van der Waals surface area contributed by atoms with Crippen molar-refractivity contribution < 1.29 is 27.2 Å². The topological polar surface area (TPSA) is 148 Å². The van der Waals surface area contributed by atoms with Crippen LogP contribution in [0.25, 0.3) is 23.0 Å². The molecule has 1 saturated heterocycles. The van der Waals surface area contributed by atoms with Crippen LogP contribution in [0.15, 0.2) is 94.1 Å². The highest BCUT2D eigenvalue weighted by atomic mass is 32.2. The molecule has 0 spiro atoms. The van der Waals surface area contributed by atoms with Gasteiger partial charge in [-0.25, -0.2) is 13.1 Å². The predicted octanol–water partition coefficient (Wildman–Crippen LogP) is 4.32. The highest BCUT2D eigenvalue weighted by Crippen LogP contribution is 2.30. The molecule has 4 aromatic rings. The van der Waals surface area contributed by atoms with E-state index in [9.17, 15) is 23.3 Å². The Labute approximate surface area is 255 Å². The smallest absolute Gasteiger partial charge is 0.309 e. The lowest BCUT2D eigenvalue weighted by Gasteiger charge is -2.30. The molecule has 11 nitrogen and oxygen atoms in total. The summed E-state index contributed by atoms with van der Waals surface area (Å²) in [4.78, 5) is 25.1. The quantitative estimate of drug-likeness (QED) is 0.158. The van der Waals surface area contributed by atoms with Crippen molar-refractivity contribution in [3.63, 3.8) is 0 Å². The first-order valence-electron chi connectivity index (χ1n) is 14.1. The molecule has 0 bridgehead atoms. The number of aromatic nitrogens is 2. The summed E-state index contributed by atoms with van der Waals surface area (Å²) in [6.07, 6.45) is 5.37. The zero-order valence-corrected chi connectivity index (χ0v) is 24.9. The minimum Gasteiger partial charge on any atom is -0.467 e. The number of hydrogen-bond donors (Lipinski definition) is 1. The van der Waals surface area contributed by atoms with E-state index in [1.807, 2.05) is 36.4 Å². The van der Waals surface area contributed by atoms with E-state index in [1.165, 1.54) is 28.8 Å². The SMILES string of the molecule is CCOC(=O)C1CCN(S(=O)(=O)c2cccc(-c3nn(-c4ccccc4)cc3C=C(C#N)C(=O)NCc3ccco3)c2)CC1. The van der Waals surface area contributed by atoms with Crippen LogP contribution in [-0.4, -0.2) is 54.1 Å². The molecule has 0 aliphatic carbocycles. The maximum Gasteiger partial charge on any atom is 0.309 e. The maximum atomic E-state index is 13.6. The highest BCUT2D eigenvalue weighted by Gasteiger charge is 2.33. The van der Waals surface area contributed by atoms with E-state index in [0.717, 1.165) is 5.69 Å². The number of para-hydroxylation sites is 1. The number of esters is 1. The summed E-state index contributed by atoms with van der Waals surface area (Å²) in [5, 5.41) is 17.2. The molecule has 1 aliphatic heterocycles. The molecular weight excluding hydrogens is 582 g/mol. The number of sulfonamides is 1. The summed E-state index contributed by atoms with van der Waals surface area (Å²) >= 11 is 0. The number of nitrogens with zero attached hydrogens (tertiary/aromatic N) is 4. The van der Waals surface area contributed by atoms with Crippen molar-refractivity contribution in [2.45, 2.75) is 31.2 Å². The van der Waals surface area contributed by atoms with Crippen LogP contribution in [0, 0.1) is 17.2 Å². The van der Waals surface area contributed by atoms with Crippen molar-refractivity contribution in [3.05, 3.63) is 96.1 Å². The average molecular weight is 614 g/mol. The van der Waals surface area contributed by atoms with Crippen molar-refractivity contribution in [1.29, 1.82) is 5.26 Å². The van der Waals surface area contributed by atoms with Crippen molar-refractivity contribution >= 4 is 28.0 Å². The molecular formula is C32H31N5O6S. The van der Waals surface area contributed by atoms with Gasteiger partial charge in [0, 0.05) is 30.4 Å². The standard InChI is InChI=1S/C32H31N5O6S/c1-2-42-32(39)23-13-15-36(16-14-23)44(40,41)29-12-6-8-24(19-29)30-26(22-37(35-30)27-9-4-3-5-10-27)18-25(20-33)31(38)34-21-28-11-7-17-43-28/h3-12,17-19,22-23H,2,13-16,21H2,1H3,(H,34,38). The number of furan rings is 1. The lowest BCUT2D eigenvalue weighted by molar-refractivity contribution is -0.149. The van der Waals surface area contributed by atoms with Crippen molar-refractivity contribution in [2.75, 3.05) is 19.7 Å². The van der Waals surface area contributed by atoms with Crippen LogP contribution in [0.5, 0.6) is 0 Å². The van der Waals surface area contributed by atoms with Gasteiger partial charge in [0.15, 0.2) is 0 Å². The number of amides is 1. The molecule has 3 heterocycles. The number of rotatable bonds is 10. The molecule has 0 radical (unpaired) electrons. The maximum absolute atomic E-state index is 13.6. The average Bonchev–Trinajstić information content (AvgIpc) is 3.74. The second-order valence-electron chi connectivity index (χ2n) is 10.1. The van der Waals surface area contributed by atoms with E-state index in [0.29, 0.717) is 35.4 Å². The van der Waals surface area contributed by atoms with Gasteiger partial charge < -0.3 is 14.5 Å². The lowest BCUT2D eigenvalue weighted by atomic mass is 9.98. The third kappa shape index (κ3) is 6.80. The summed E-state index contributed by atoms with van der Waals surface area (Å²) in [5.41, 5.74) is 1.91. The first-order valence-corrected chi connectivity index (χ1v) is 15.6. The molecule has 226 valence electrons. The molecule has 0 atom stereocenters. The Hall–Kier alpha value is -4.99. The number of nitrogens with one attached hydrogen (secondary N) is 1. The van der Waals surface area contributed by atoms with Crippen LogP contribution < -0.4 is 5.32 Å². The number of ether oxygens (including phenoxy) is 1. The number of piperidine rings is 1. The number of carbonyl (C=O) groups excluding carboxylic acids is 2. The van der Waals surface area contributed by atoms with Crippen molar-refractivity contribution in [3.8, 4) is 23.0 Å². The molecule has 1 N–H and O–H groups in total. The fourth-order valence-electron chi connectivity index (χ4n) is 4.96. The van der Waals surface area contributed by atoms with Gasteiger partial charge >= 0.3 is 5.97 Å². The molecule has 0 unspecified atom stereocenters. The molecule has 1 aliphatic rings. The van der Waals surface area contributed by atoms with Gasteiger partial charge in [-0.1, -0.05) is 30.3 Å². The van der Waals surface area contributed by atoms with Gasteiger partial charge in [0.2, 0.25) is 10.0 Å². The molecule has 1 fully saturated rings. The van der Waals surface area contributed by atoms with Gasteiger partial charge in [-0.2, -0.15) is 14.7 Å². The molecule has 5 rings (SSSR count). The first-order chi connectivity index (χ1) is 21.3. The van der Waals surface area contributed by atoms with Gasteiger partial charge in [0.1, 0.15) is 23.1 Å². The third-order valence-corrected chi connectivity index (χ3v) is 9.15. The zero-order chi connectivity index (χ0) is 31.1. The molecule has 12 heteroatoms. The van der Waals surface area contributed by atoms with Gasteiger partial charge in [-0.05, 0) is 62.2 Å². The fraction of sp³-hybridized carbons (Fsp3) is 0.250. The Morgan fingerprint density at radius 2 is 1.89 bits per heavy atom. The van der Waals surface area contributed by atoms with E-state index in [2.05, 4.69) is 5.32 Å². The van der Waals surface area contributed by atoms with E-state index in [4.69, 9.17) is 14.3 Å². The number of benzene rings is 2. The minimum atomic E-state index is -3.88. The van der Waals surface area contributed by atoms with E-state index in [-0.39, 0.29) is 48.6 Å². The summed E-state index contributed by atoms with van der Waals surface area (Å²) < 4.78 is 40.6. The molecule has 2 aromatic carbocycles. The van der Waals surface area contributed by atoms with Crippen LogP contribution in [-0.2, 0) is 30.9 Å². The second-order valence-corrected chi connectivity index (χ2v) is 12.0. The Morgan fingerprint density at radius 1 is 1.11 bits per heavy atom. The van der Waals surface area contributed by atoms with E-state index >= 15 is 0 Å². The molecule has 2 aromatic heterocycles. The zero-order valence-electron chi connectivity index (χ0n) is 24.0. The van der Waals surface area contributed by atoms with Gasteiger partial charge in [0.05, 0.1) is 35.9 Å². The van der Waals surface area contributed by atoms with Crippen molar-refractivity contribution in [1.82, 2.24) is 19.4 Å². The summed E-state index contributed by atoms with van der Waals surface area (Å²) in [5.74, 6) is -0.677. The number of carbonyl (C=O) groups is 2. The summed E-state index contributed by atoms with van der Waals surface area (Å²) in [7, 11) is -3.88. The normalized spacial score (nSPS) is 14.6. The van der Waals surface area contributed by atoms with Crippen LogP contribution in [0.3, 0.4) is 0 Å². The highest BCUT2D eigenvalue weighted by molar-refractivity contribution is 7.89. The van der Waals surface area contributed by atoms with Crippen LogP contribution in [0.2, 0.25) is 0 Å². The van der Waals surface area contributed by atoms with Gasteiger partial charge in [0.25, 0.3) is 5.91 Å². The number of nitriles is 1. The van der Waals surface area contributed by atoms with Crippen molar-refractivity contribution in [2.24, 2.45) is 5.92 Å². The Bertz CT molecular complexity index is 1800. The Morgan fingerprint density at radius 3 is 2.57 bits per heavy atom. The third-order valence-electron chi connectivity index (χ3n) is 7.25. The van der Waals surface area contributed by atoms with Gasteiger partial charge in [-0.3, -0.25) is 9.59 Å². The van der Waals surface area contributed by atoms with E-state index < -0.39 is 15.9 Å². The number of hydrogen-bond acceptors (Lipinski definition) is 8. The molecule has 44 heavy (non-hydrogen) atoms. The molecule has 1 amide bonds. The Kier molecular flexibility index (Phi) is 9.38. The lowest BCUT2D eigenvalue weighted by Crippen LogP contribution is -2.40. The second kappa shape index (κ2) is 13.5. The predicted molar refractivity (Wildman–Crippen MR) is 161 cm³/mol. The molecule has 0 saturated carbocycles. The largest absolute Gasteiger partial charge is 0.467 e. The summed E-state index contributed by atoms with van der Waals surface area (Å²) in [6.45, 7) is 2.54. The summed E-state index contributed by atoms with van der Waals surface area (Å²) in [6, 6.07) is 21.1. The monoisotopic (exact) mass is 613 g/mol. The van der Waals surface area contributed by atoms with Crippen LogP contribution >= 0.6 is 0 Å². The Balaban J connectivity index is 1.46.